The Kier molecular flexibility index (Phi) is 4.73. The quantitative estimate of drug-likeness (QED) is 0.889. The minimum atomic E-state index is 0.721. The molecular formula is C17H25N5. The molecule has 1 N–H and O–H groups in total. The van der Waals surface area contributed by atoms with Gasteiger partial charge in [0.15, 0.2) is 0 Å². The Morgan fingerprint density at radius 3 is 2.86 bits per heavy atom. The van der Waals surface area contributed by atoms with E-state index in [1.54, 1.807) is 0 Å². The van der Waals surface area contributed by atoms with E-state index in [0.717, 1.165) is 50.2 Å². The SMILES string of the molecule is CCc1n[nH]c(CN(C)C[C@@H]2CCN(c3ccccc3)C2)n1. The highest BCUT2D eigenvalue weighted by molar-refractivity contribution is 5.46. The Balaban J connectivity index is 1.49. The maximum absolute atomic E-state index is 4.49. The second-order valence-corrected chi connectivity index (χ2v) is 6.18. The van der Waals surface area contributed by atoms with E-state index in [1.807, 2.05) is 0 Å². The van der Waals surface area contributed by atoms with Gasteiger partial charge in [0, 0.05) is 31.7 Å². The minimum Gasteiger partial charge on any atom is -0.371 e. The van der Waals surface area contributed by atoms with Gasteiger partial charge in [-0.3, -0.25) is 10.00 Å². The van der Waals surface area contributed by atoms with Crippen molar-refractivity contribution in [1.29, 1.82) is 0 Å². The third-order valence-corrected chi connectivity index (χ3v) is 4.29. The molecule has 5 nitrogen and oxygen atoms in total. The largest absolute Gasteiger partial charge is 0.371 e. The molecule has 2 aromatic rings. The number of hydrogen-bond donors (Lipinski definition) is 1. The summed E-state index contributed by atoms with van der Waals surface area (Å²) in [5.74, 6) is 2.59. The zero-order valence-electron chi connectivity index (χ0n) is 13.5. The van der Waals surface area contributed by atoms with Crippen molar-refractivity contribution in [2.75, 3.05) is 31.6 Å². The maximum Gasteiger partial charge on any atom is 0.150 e. The van der Waals surface area contributed by atoms with Crippen LogP contribution >= 0.6 is 0 Å². The molecule has 2 heterocycles. The van der Waals surface area contributed by atoms with E-state index in [9.17, 15) is 0 Å². The first kappa shape index (κ1) is 15.0. The molecule has 1 atom stereocenters. The van der Waals surface area contributed by atoms with Crippen LogP contribution in [0.3, 0.4) is 0 Å². The summed E-state index contributed by atoms with van der Waals surface area (Å²) < 4.78 is 0. The number of aromatic nitrogens is 3. The van der Waals surface area contributed by atoms with Gasteiger partial charge in [-0.1, -0.05) is 25.1 Å². The van der Waals surface area contributed by atoms with Crippen LogP contribution in [0.4, 0.5) is 5.69 Å². The summed E-state index contributed by atoms with van der Waals surface area (Å²) in [4.78, 5) is 9.32. The number of rotatable bonds is 6. The van der Waals surface area contributed by atoms with Crippen LogP contribution in [0.2, 0.25) is 0 Å². The van der Waals surface area contributed by atoms with Crippen LogP contribution < -0.4 is 4.90 Å². The van der Waals surface area contributed by atoms with Crippen LogP contribution in [0.15, 0.2) is 30.3 Å². The molecule has 0 bridgehead atoms. The second kappa shape index (κ2) is 6.92. The molecule has 0 amide bonds. The van der Waals surface area contributed by atoms with Crippen LogP contribution in [-0.2, 0) is 13.0 Å². The summed E-state index contributed by atoms with van der Waals surface area (Å²) in [5.41, 5.74) is 1.34. The predicted octanol–water partition coefficient (Wildman–Crippen LogP) is 2.33. The number of para-hydroxylation sites is 1. The lowest BCUT2D eigenvalue weighted by Crippen LogP contribution is -2.28. The molecule has 0 aliphatic carbocycles. The van der Waals surface area contributed by atoms with Gasteiger partial charge in [0.25, 0.3) is 0 Å². The molecule has 0 unspecified atom stereocenters. The molecule has 0 radical (unpaired) electrons. The standard InChI is InChI=1S/C17H25N5/c1-3-16-18-17(20-19-16)13-21(2)11-14-9-10-22(12-14)15-7-5-4-6-8-15/h4-8,14H,3,9-13H2,1-2H3,(H,18,19,20)/t14-/m0/s1. The number of benzene rings is 1. The third kappa shape index (κ3) is 3.65. The van der Waals surface area contributed by atoms with Crippen LogP contribution in [0, 0.1) is 5.92 Å². The Labute approximate surface area is 132 Å². The van der Waals surface area contributed by atoms with Gasteiger partial charge in [-0.2, -0.15) is 5.10 Å². The Bertz CT molecular complexity index is 580. The molecular weight excluding hydrogens is 274 g/mol. The number of nitrogens with zero attached hydrogens (tertiary/aromatic N) is 4. The van der Waals surface area contributed by atoms with Crippen molar-refractivity contribution in [2.24, 2.45) is 5.92 Å². The second-order valence-electron chi connectivity index (χ2n) is 6.18. The number of hydrogen-bond acceptors (Lipinski definition) is 4. The fourth-order valence-electron chi connectivity index (χ4n) is 3.18. The summed E-state index contributed by atoms with van der Waals surface area (Å²) in [6.45, 7) is 6.32. The van der Waals surface area contributed by atoms with E-state index in [1.165, 1.54) is 12.1 Å². The van der Waals surface area contributed by atoms with Gasteiger partial charge >= 0.3 is 0 Å². The van der Waals surface area contributed by atoms with Gasteiger partial charge in [0.05, 0.1) is 6.54 Å². The van der Waals surface area contributed by atoms with Gasteiger partial charge in [-0.15, -0.1) is 0 Å². The van der Waals surface area contributed by atoms with Gasteiger partial charge in [-0.05, 0) is 31.5 Å². The highest BCUT2D eigenvalue weighted by atomic mass is 15.2. The Hall–Kier alpha value is -1.88. The van der Waals surface area contributed by atoms with Crippen molar-refractivity contribution in [3.05, 3.63) is 42.0 Å². The van der Waals surface area contributed by atoms with Crippen molar-refractivity contribution in [2.45, 2.75) is 26.3 Å². The molecule has 1 aromatic heterocycles. The molecule has 0 spiro atoms. The van der Waals surface area contributed by atoms with Crippen molar-refractivity contribution in [1.82, 2.24) is 20.1 Å². The summed E-state index contributed by atoms with van der Waals surface area (Å²) in [5, 5.41) is 7.23. The monoisotopic (exact) mass is 299 g/mol. The third-order valence-electron chi connectivity index (χ3n) is 4.29. The van der Waals surface area contributed by atoms with Crippen LogP contribution in [-0.4, -0.2) is 46.8 Å². The molecule has 1 aliphatic rings. The Morgan fingerprint density at radius 1 is 1.32 bits per heavy atom. The average molecular weight is 299 g/mol. The summed E-state index contributed by atoms with van der Waals surface area (Å²) in [6, 6.07) is 10.7. The normalized spacial score (nSPS) is 18.3. The van der Waals surface area contributed by atoms with Crippen molar-refractivity contribution < 1.29 is 0 Å². The predicted molar refractivity (Wildman–Crippen MR) is 88.9 cm³/mol. The summed E-state index contributed by atoms with van der Waals surface area (Å²) in [6.07, 6.45) is 2.14. The number of aromatic amines is 1. The fraction of sp³-hybridized carbons (Fsp3) is 0.529. The molecule has 0 saturated carbocycles. The van der Waals surface area contributed by atoms with E-state index in [4.69, 9.17) is 0 Å². The van der Waals surface area contributed by atoms with Gasteiger partial charge < -0.3 is 4.90 Å². The topological polar surface area (TPSA) is 48.1 Å². The molecule has 5 heteroatoms. The molecule has 1 fully saturated rings. The lowest BCUT2D eigenvalue weighted by atomic mass is 10.1. The number of H-pyrrole nitrogens is 1. The minimum absolute atomic E-state index is 0.721. The van der Waals surface area contributed by atoms with Gasteiger partial charge in [0.1, 0.15) is 11.6 Å². The zero-order valence-corrected chi connectivity index (χ0v) is 13.5. The van der Waals surface area contributed by atoms with E-state index >= 15 is 0 Å². The average Bonchev–Trinajstić information content (AvgIpc) is 3.17. The van der Waals surface area contributed by atoms with E-state index in [2.05, 4.69) is 69.3 Å². The number of aryl methyl sites for hydroxylation is 1. The fourth-order valence-corrected chi connectivity index (χ4v) is 3.18. The van der Waals surface area contributed by atoms with Crippen LogP contribution in [0.1, 0.15) is 25.0 Å². The number of anilines is 1. The highest BCUT2D eigenvalue weighted by Crippen LogP contribution is 2.24. The van der Waals surface area contributed by atoms with E-state index < -0.39 is 0 Å². The maximum atomic E-state index is 4.49. The van der Waals surface area contributed by atoms with Crippen molar-refractivity contribution >= 4 is 5.69 Å². The summed E-state index contributed by atoms with van der Waals surface area (Å²) in [7, 11) is 2.17. The van der Waals surface area contributed by atoms with Crippen LogP contribution in [0.5, 0.6) is 0 Å². The molecule has 1 aromatic carbocycles. The van der Waals surface area contributed by atoms with Gasteiger partial charge in [0.2, 0.25) is 0 Å². The first-order chi connectivity index (χ1) is 10.7. The van der Waals surface area contributed by atoms with Crippen molar-refractivity contribution in [3.63, 3.8) is 0 Å². The number of nitrogens with one attached hydrogen (secondary N) is 1. The molecule has 1 saturated heterocycles. The highest BCUT2D eigenvalue weighted by Gasteiger charge is 2.23. The summed E-state index contributed by atoms with van der Waals surface area (Å²) >= 11 is 0. The molecule has 1 aliphatic heterocycles. The Morgan fingerprint density at radius 2 is 2.14 bits per heavy atom. The van der Waals surface area contributed by atoms with Crippen LogP contribution in [0.25, 0.3) is 0 Å². The molecule has 22 heavy (non-hydrogen) atoms. The molecule has 118 valence electrons. The van der Waals surface area contributed by atoms with E-state index in [-0.39, 0.29) is 0 Å². The molecule has 3 rings (SSSR count). The first-order valence-electron chi connectivity index (χ1n) is 8.13. The van der Waals surface area contributed by atoms with Gasteiger partial charge in [-0.25, -0.2) is 4.98 Å². The van der Waals surface area contributed by atoms with Crippen molar-refractivity contribution in [3.8, 4) is 0 Å². The zero-order chi connectivity index (χ0) is 15.4. The smallest absolute Gasteiger partial charge is 0.150 e. The lowest BCUT2D eigenvalue weighted by molar-refractivity contribution is 0.273. The van der Waals surface area contributed by atoms with E-state index in [0.29, 0.717) is 0 Å². The lowest BCUT2D eigenvalue weighted by Gasteiger charge is -2.21. The first-order valence-corrected chi connectivity index (χ1v) is 8.13.